The van der Waals surface area contributed by atoms with Crippen LogP contribution in [0.25, 0.3) is 0 Å². The molecule has 0 aromatic heterocycles. The van der Waals surface area contributed by atoms with Gasteiger partial charge in [0.25, 0.3) is 0 Å². The normalized spacial score (nSPS) is 21.8. The van der Waals surface area contributed by atoms with Crippen LogP contribution in [-0.4, -0.2) is 31.9 Å². The molecule has 2 aromatic rings. The Hall–Kier alpha value is -1.08. The molecule has 0 radical (unpaired) electrons. The summed E-state index contributed by atoms with van der Waals surface area (Å²) in [5.41, 5.74) is 1.45. The van der Waals surface area contributed by atoms with Crippen LogP contribution in [0.1, 0.15) is 25.8 Å². The Morgan fingerprint density at radius 2 is 1.64 bits per heavy atom. The molecule has 2 atom stereocenters. The van der Waals surface area contributed by atoms with Gasteiger partial charge in [-0.2, -0.15) is 0 Å². The SMILES string of the molecule is CC(C)C1CC(C[Se]c2ccccc2)N1Cc1ccccc1. The third-order valence-corrected chi connectivity index (χ3v) is 7.00. The van der Waals surface area contributed by atoms with Crippen molar-refractivity contribution >= 4 is 19.4 Å². The van der Waals surface area contributed by atoms with Crippen LogP contribution in [0, 0.1) is 5.92 Å². The van der Waals surface area contributed by atoms with Gasteiger partial charge in [-0.05, 0) is 0 Å². The van der Waals surface area contributed by atoms with E-state index < -0.39 is 0 Å². The summed E-state index contributed by atoms with van der Waals surface area (Å²) in [6.45, 7) is 5.83. The second-order valence-corrected chi connectivity index (χ2v) is 8.78. The predicted octanol–water partition coefficient (Wildman–Crippen LogP) is 3.73. The van der Waals surface area contributed by atoms with E-state index in [9.17, 15) is 0 Å². The number of rotatable bonds is 6. The van der Waals surface area contributed by atoms with Gasteiger partial charge in [-0.3, -0.25) is 0 Å². The Morgan fingerprint density at radius 3 is 2.27 bits per heavy atom. The minimum absolute atomic E-state index is 0.600. The van der Waals surface area contributed by atoms with Crippen molar-refractivity contribution in [1.82, 2.24) is 4.90 Å². The maximum atomic E-state index is 2.74. The monoisotopic (exact) mass is 359 g/mol. The Labute approximate surface area is 140 Å². The molecular weight excluding hydrogens is 333 g/mol. The van der Waals surface area contributed by atoms with Crippen LogP contribution in [0.15, 0.2) is 60.7 Å². The summed E-state index contributed by atoms with van der Waals surface area (Å²) in [6.07, 6.45) is 1.37. The van der Waals surface area contributed by atoms with Gasteiger partial charge < -0.3 is 0 Å². The van der Waals surface area contributed by atoms with Crippen molar-refractivity contribution in [3.63, 3.8) is 0 Å². The molecule has 0 aliphatic carbocycles. The molecule has 2 aromatic carbocycles. The summed E-state index contributed by atoms with van der Waals surface area (Å²) >= 11 is 0.600. The average molecular weight is 358 g/mol. The fourth-order valence-electron chi connectivity index (χ4n) is 3.25. The minimum atomic E-state index is 0.600. The van der Waals surface area contributed by atoms with E-state index in [0.717, 1.165) is 24.5 Å². The Balaban J connectivity index is 1.61. The van der Waals surface area contributed by atoms with E-state index in [4.69, 9.17) is 0 Å². The van der Waals surface area contributed by atoms with Crippen molar-refractivity contribution in [2.45, 2.75) is 44.2 Å². The molecule has 116 valence electrons. The van der Waals surface area contributed by atoms with Crippen LogP contribution in [0.3, 0.4) is 0 Å². The first kappa shape index (κ1) is 15.8. The Morgan fingerprint density at radius 1 is 1.00 bits per heavy atom. The summed E-state index contributed by atoms with van der Waals surface area (Å²) in [6, 6.07) is 23.5. The fourth-order valence-corrected chi connectivity index (χ4v) is 5.48. The van der Waals surface area contributed by atoms with E-state index in [1.54, 1.807) is 0 Å². The quantitative estimate of drug-likeness (QED) is 0.711. The molecule has 2 unspecified atom stereocenters. The van der Waals surface area contributed by atoms with Crippen LogP contribution in [-0.2, 0) is 6.54 Å². The summed E-state index contributed by atoms with van der Waals surface area (Å²) in [5.74, 6) is 0.754. The predicted molar refractivity (Wildman–Crippen MR) is 95.7 cm³/mol. The van der Waals surface area contributed by atoms with Gasteiger partial charge in [0.15, 0.2) is 0 Å². The zero-order valence-corrected chi connectivity index (χ0v) is 15.2. The Kier molecular flexibility index (Phi) is 5.36. The van der Waals surface area contributed by atoms with E-state index in [2.05, 4.69) is 79.4 Å². The number of nitrogens with zero attached hydrogens (tertiary/aromatic N) is 1. The van der Waals surface area contributed by atoms with E-state index >= 15 is 0 Å². The summed E-state index contributed by atoms with van der Waals surface area (Å²) in [5, 5.41) is 1.34. The van der Waals surface area contributed by atoms with Gasteiger partial charge in [0.05, 0.1) is 0 Å². The van der Waals surface area contributed by atoms with Crippen molar-refractivity contribution in [2.75, 3.05) is 0 Å². The number of hydrogen-bond acceptors (Lipinski definition) is 1. The van der Waals surface area contributed by atoms with E-state index in [1.165, 1.54) is 21.8 Å². The van der Waals surface area contributed by atoms with Gasteiger partial charge in [0.1, 0.15) is 0 Å². The zero-order valence-electron chi connectivity index (χ0n) is 13.5. The standard InChI is InChI=1S/C20H25NSe/c1-16(2)20-13-18(15-22-19-11-7-4-8-12-19)21(20)14-17-9-5-3-6-10-17/h3-12,16,18,20H,13-15H2,1-2H3. The molecule has 3 rings (SSSR count). The number of likely N-dealkylation sites (tertiary alicyclic amines) is 1. The molecule has 1 saturated heterocycles. The van der Waals surface area contributed by atoms with E-state index in [0.29, 0.717) is 15.0 Å². The van der Waals surface area contributed by atoms with Gasteiger partial charge in [0, 0.05) is 0 Å². The molecule has 0 amide bonds. The van der Waals surface area contributed by atoms with E-state index in [-0.39, 0.29) is 0 Å². The van der Waals surface area contributed by atoms with E-state index in [1.807, 2.05) is 0 Å². The molecule has 1 fully saturated rings. The summed E-state index contributed by atoms with van der Waals surface area (Å²) in [4.78, 5) is 2.74. The van der Waals surface area contributed by atoms with Crippen LogP contribution >= 0.6 is 0 Å². The first-order valence-electron chi connectivity index (χ1n) is 8.21. The van der Waals surface area contributed by atoms with Crippen LogP contribution < -0.4 is 4.46 Å². The fraction of sp³-hybridized carbons (Fsp3) is 0.400. The molecule has 1 nitrogen and oxygen atoms in total. The van der Waals surface area contributed by atoms with Gasteiger partial charge in [-0.1, -0.05) is 0 Å². The van der Waals surface area contributed by atoms with Crippen molar-refractivity contribution in [2.24, 2.45) is 5.92 Å². The summed E-state index contributed by atoms with van der Waals surface area (Å²) in [7, 11) is 0. The second-order valence-electron chi connectivity index (χ2n) is 6.48. The molecule has 0 N–H and O–H groups in total. The summed E-state index contributed by atoms with van der Waals surface area (Å²) < 4.78 is 1.53. The number of hydrogen-bond donors (Lipinski definition) is 0. The first-order chi connectivity index (χ1) is 10.7. The molecule has 0 saturated carbocycles. The number of benzene rings is 2. The van der Waals surface area contributed by atoms with Gasteiger partial charge in [0.2, 0.25) is 0 Å². The van der Waals surface area contributed by atoms with Crippen molar-refractivity contribution in [1.29, 1.82) is 0 Å². The Bertz CT molecular complexity index is 567. The molecule has 1 aliphatic rings. The first-order valence-corrected chi connectivity index (χ1v) is 10.3. The molecule has 2 heteroatoms. The van der Waals surface area contributed by atoms with Gasteiger partial charge in [-0.15, -0.1) is 0 Å². The molecule has 0 spiro atoms. The molecule has 1 heterocycles. The maximum absolute atomic E-state index is 2.74. The van der Waals surface area contributed by atoms with Gasteiger partial charge in [-0.25, -0.2) is 0 Å². The van der Waals surface area contributed by atoms with Crippen LogP contribution in [0.2, 0.25) is 5.32 Å². The third-order valence-electron chi connectivity index (χ3n) is 4.57. The van der Waals surface area contributed by atoms with Crippen LogP contribution in [0.4, 0.5) is 0 Å². The second kappa shape index (κ2) is 7.46. The average Bonchev–Trinajstić information content (AvgIpc) is 2.53. The van der Waals surface area contributed by atoms with Crippen LogP contribution in [0.5, 0.6) is 0 Å². The van der Waals surface area contributed by atoms with Gasteiger partial charge >= 0.3 is 141 Å². The molecular formula is C20H25NSe. The molecule has 0 bridgehead atoms. The molecule has 1 aliphatic heterocycles. The molecule has 22 heavy (non-hydrogen) atoms. The zero-order chi connectivity index (χ0) is 15.4. The van der Waals surface area contributed by atoms with Crippen molar-refractivity contribution < 1.29 is 0 Å². The van der Waals surface area contributed by atoms with Crippen molar-refractivity contribution in [3.05, 3.63) is 66.2 Å². The van der Waals surface area contributed by atoms with Crippen molar-refractivity contribution in [3.8, 4) is 0 Å². The topological polar surface area (TPSA) is 3.24 Å². The third kappa shape index (κ3) is 3.81.